The Hall–Kier alpha value is -1.26. The van der Waals surface area contributed by atoms with Crippen molar-refractivity contribution in [3.8, 4) is 0 Å². The first-order valence-corrected chi connectivity index (χ1v) is 6.63. The highest BCUT2D eigenvalue weighted by Crippen LogP contribution is 2.29. The molecule has 18 heavy (non-hydrogen) atoms. The second-order valence-electron chi connectivity index (χ2n) is 5.47. The maximum atomic E-state index is 11.9. The van der Waals surface area contributed by atoms with E-state index in [1.165, 1.54) is 0 Å². The van der Waals surface area contributed by atoms with Gasteiger partial charge in [-0.1, -0.05) is 13.8 Å². The number of nitrogens with one attached hydrogen (secondary N) is 1. The van der Waals surface area contributed by atoms with Gasteiger partial charge in [-0.05, 0) is 31.6 Å². The van der Waals surface area contributed by atoms with E-state index in [-0.39, 0.29) is 18.5 Å². The molecule has 1 aliphatic heterocycles. The van der Waals surface area contributed by atoms with E-state index in [1.54, 1.807) is 11.8 Å². The summed E-state index contributed by atoms with van der Waals surface area (Å²) in [5.41, 5.74) is 0.302. The Labute approximate surface area is 109 Å². The number of rotatable bonds is 3. The number of carbonyl (C=O) groups is 2. The smallest absolute Gasteiger partial charge is 0.325 e. The van der Waals surface area contributed by atoms with Crippen LogP contribution in [0.2, 0.25) is 0 Å². The minimum atomic E-state index is -0.388. The third-order valence-corrected chi connectivity index (χ3v) is 3.32. The predicted octanol–water partition coefficient (Wildman–Crippen LogP) is 1.77. The Morgan fingerprint density at radius 2 is 2.00 bits per heavy atom. The van der Waals surface area contributed by atoms with Gasteiger partial charge < -0.3 is 15.0 Å². The molecular formula is C13H24N2O3. The van der Waals surface area contributed by atoms with E-state index < -0.39 is 0 Å². The Balaban J connectivity index is 2.35. The number of ether oxygens (including phenoxy) is 1. The summed E-state index contributed by atoms with van der Waals surface area (Å²) in [7, 11) is 0. The van der Waals surface area contributed by atoms with Crippen molar-refractivity contribution < 1.29 is 14.3 Å². The van der Waals surface area contributed by atoms with Crippen LogP contribution in [0, 0.1) is 5.41 Å². The van der Waals surface area contributed by atoms with Crippen molar-refractivity contribution in [3.63, 3.8) is 0 Å². The molecule has 0 aromatic rings. The van der Waals surface area contributed by atoms with Gasteiger partial charge in [-0.15, -0.1) is 0 Å². The fraction of sp³-hybridized carbons (Fsp3) is 0.846. The number of likely N-dealkylation sites (tertiary alicyclic amines) is 1. The maximum Gasteiger partial charge on any atom is 0.325 e. The highest BCUT2D eigenvalue weighted by Gasteiger charge is 2.25. The minimum absolute atomic E-state index is 0.0490. The topological polar surface area (TPSA) is 58.6 Å². The van der Waals surface area contributed by atoms with E-state index in [0.29, 0.717) is 12.0 Å². The molecule has 0 atom stereocenters. The van der Waals surface area contributed by atoms with E-state index >= 15 is 0 Å². The van der Waals surface area contributed by atoms with Gasteiger partial charge >= 0.3 is 12.0 Å². The molecule has 104 valence electrons. The molecule has 1 fully saturated rings. The minimum Gasteiger partial charge on any atom is -0.465 e. The van der Waals surface area contributed by atoms with Crippen LogP contribution in [0.15, 0.2) is 0 Å². The number of hydrogen-bond acceptors (Lipinski definition) is 3. The predicted molar refractivity (Wildman–Crippen MR) is 69.2 cm³/mol. The zero-order chi connectivity index (χ0) is 13.6. The van der Waals surface area contributed by atoms with E-state index in [0.717, 1.165) is 32.4 Å². The standard InChI is InChI=1S/C13H24N2O3/c1-4-18-11(16)10-14-12(17)15-8-5-6-13(2,3)7-9-15/h4-10H2,1-3H3,(H,14,17). The molecule has 0 bridgehead atoms. The molecular weight excluding hydrogens is 232 g/mol. The van der Waals surface area contributed by atoms with Gasteiger partial charge in [0.05, 0.1) is 6.61 Å². The Morgan fingerprint density at radius 3 is 2.67 bits per heavy atom. The van der Waals surface area contributed by atoms with E-state index in [9.17, 15) is 9.59 Å². The molecule has 5 nitrogen and oxygen atoms in total. The van der Waals surface area contributed by atoms with Crippen molar-refractivity contribution in [2.24, 2.45) is 5.41 Å². The summed E-state index contributed by atoms with van der Waals surface area (Å²) >= 11 is 0. The summed E-state index contributed by atoms with van der Waals surface area (Å²) in [6, 6.07) is -0.166. The first-order chi connectivity index (χ1) is 8.44. The Bertz CT molecular complexity index is 303. The summed E-state index contributed by atoms with van der Waals surface area (Å²) in [6.07, 6.45) is 3.15. The average molecular weight is 256 g/mol. The van der Waals surface area contributed by atoms with Gasteiger partial charge in [-0.3, -0.25) is 4.79 Å². The zero-order valence-electron chi connectivity index (χ0n) is 11.6. The first kappa shape index (κ1) is 14.8. The van der Waals surface area contributed by atoms with Crippen LogP contribution < -0.4 is 5.32 Å². The summed E-state index contributed by atoms with van der Waals surface area (Å²) in [5.74, 6) is -0.388. The van der Waals surface area contributed by atoms with Gasteiger partial charge in [-0.25, -0.2) is 4.79 Å². The summed E-state index contributed by atoms with van der Waals surface area (Å²) in [5, 5.41) is 2.60. The molecule has 0 spiro atoms. The Kier molecular flexibility index (Phi) is 5.44. The van der Waals surface area contributed by atoms with Crippen LogP contribution in [0.4, 0.5) is 4.79 Å². The highest BCUT2D eigenvalue weighted by molar-refractivity contribution is 5.80. The van der Waals surface area contributed by atoms with Crippen LogP contribution in [0.3, 0.4) is 0 Å². The van der Waals surface area contributed by atoms with Gasteiger partial charge in [0.15, 0.2) is 0 Å². The number of esters is 1. The number of nitrogens with zero attached hydrogens (tertiary/aromatic N) is 1. The molecule has 5 heteroatoms. The van der Waals surface area contributed by atoms with Gasteiger partial charge in [0, 0.05) is 13.1 Å². The number of hydrogen-bond donors (Lipinski definition) is 1. The van der Waals surface area contributed by atoms with Crippen molar-refractivity contribution in [3.05, 3.63) is 0 Å². The second kappa shape index (κ2) is 6.61. The molecule has 1 aliphatic rings. The number of amides is 2. The molecule has 1 N–H and O–H groups in total. The third-order valence-electron chi connectivity index (χ3n) is 3.32. The van der Waals surface area contributed by atoms with Crippen LogP contribution in [0.25, 0.3) is 0 Å². The Morgan fingerprint density at radius 1 is 1.28 bits per heavy atom. The molecule has 1 heterocycles. The quantitative estimate of drug-likeness (QED) is 0.783. The molecule has 1 saturated heterocycles. The third kappa shape index (κ3) is 4.94. The summed E-state index contributed by atoms with van der Waals surface area (Å²) in [4.78, 5) is 24.8. The van der Waals surface area contributed by atoms with Crippen molar-refractivity contribution in [2.75, 3.05) is 26.2 Å². The lowest BCUT2D eigenvalue weighted by Gasteiger charge is -2.23. The zero-order valence-corrected chi connectivity index (χ0v) is 11.6. The summed E-state index contributed by atoms with van der Waals surface area (Å²) < 4.78 is 4.77. The number of urea groups is 1. The van der Waals surface area contributed by atoms with Gasteiger partial charge in [0.2, 0.25) is 0 Å². The van der Waals surface area contributed by atoms with Crippen molar-refractivity contribution in [1.82, 2.24) is 10.2 Å². The largest absolute Gasteiger partial charge is 0.465 e. The first-order valence-electron chi connectivity index (χ1n) is 6.63. The molecule has 0 aliphatic carbocycles. The van der Waals surface area contributed by atoms with Crippen molar-refractivity contribution in [2.45, 2.75) is 40.0 Å². The van der Waals surface area contributed by atoms with Crippen LogP contribution >= 0.6 is 0 Å². The molecule has 0 aromatic heterocycles. The molecule has 1 rings (SSSR count). The lowest BCUT2D eigenvalue weighted by Crippen LogP contribution is -2.43. The van der Waals surface area contributed by atoms with Gasteiger partial charge in [-0.2, -0.15) is 0 Å². The molecule has 0 aromatic carbocycles. The fourth-order valence-electron chi connectivity index (χ4n) is 2.10. The van der Waals surface area contributed by atoms with Crippen LogP contribution in [0.5, 0.6) is 0 Å². The van der Waals surface area contributed by atoms with Crippen LogP contribution in [-0.4, -0.2) is 43.1 Å². The van der Waals surface area contributed by atoms with Crippen LogP contribution in [0.1, 0.15) is 40.0 Å². The van der Waals surface area contributed by atoms with E-state index in [1.807, 2.05) is 0 Å². The van der Waals surface area contributed by atoms with Gasteiger partial charge in [0.25, 0.3) is 0 Å². The van der Waals surface area contributed by atoms with Crippen molar-refractivity contribution >= 4 is 12.0 Å². The SMILES string of the molecule is CCOC(=O)CNC(=O)N1CCCC(C)(C)CC1. The monoisotopic (exact) mass is 256 g/mol. The fourth-order valence-corrected chi connectivity index (χ4v) is 2.10. The normalized spacial score (nSPS) is 18.9. The van der Waals surface area contributed by atoms with Crippen molar-refractivity contribution in [1.29, 1.82) is 0 Å². The highest BCUT2D eigenvalue weighted by atomic mass is 16.5. The summed E-state index contributed by atoms with van der Waals surface area (Å²) in [6.45, 7) is 8.01. The average Bonchev–Trinajstić information content (AvgIpc) is 2.47. The maximum absolute atomic E-state index is 11.9. The lowest BCUT2D eigenvalue weighted by molar-refractivity contribution is -0.141. The van der Waals surface area contributed by atoms with E-state index in [4.69, 9.17) is 4.74 Å². The molecule has 2 amide bonds. The number of carbonyl (C=O) groups excluding carboxylic acids is 2. The van der Waals surface area contributed by atoms with E-state index in [2.05, 4.69) is 19.2 Å². The molecule has 0 saturated carbocycles. The lowest BCUT2D eigenvalue weighted by atomic mass is 9.85. The second-order valence-corrected chi connectivity index (χ2v) is 5.47. The molecule has 0 unspecified atom stereocenters. The van der Waals surface area contributed by atoms with Crippen LogP contribution in [-0.2, 0) is 9.53 Å². The molecule has 0 radical (unpaired) electrons. The van der Waals surface area contributed by atoms with Gasteiger partial charge in [0.1, 0.15) is 6.54 Å².